The second-order valence-electron chi connectivity index (χ2n) is 5.35. The number of aryl methyl sites for hydroxylation is 2. The maximum absolute atomic E-state index is 10.3. The molecular weight excluding hydrogens is 398 g/mol. The van der Waals surface area contributed by atoms with Crippen molar-refractivity contribution in [1.82, 2.24) is 15.0 Å². The van der Waals surface area contributed by atoms with Gasteiger partial charge in [0.05, 0.1) is 11.4 Å². The van der Waals surface area contributed by atoms with E-state index in [1.54, 1.807) is 0 Å². The van der Waals surface area contributed by atoms with Gasteiger partial charge in [-0.3, -0.25) is 9.97 Å². The van der Waals surface area contributed by atoms with E-state index >= 15 is 0 Å². The van der Waals surface area contributed by atoms with E-state index in [1.165, 1.54) is 18.2 Å². The van der Waals surface area contributed by atoms with Crippen LogP contribution in [-0.4, -0.2) is 37.1 Å². The Hall–Kier alpha value is -3.09. The summed E-state index contributed by atoms with van der Waals surface area (Å²) in [7, 11) is 0. The van der Waals surface area contributed by atoms with Gasteiger partial charge in [-0.05, 0) is 50.2 Å². The van der Waals surface area contributed by atoms with Gasteiger partial charge < -0.3 is 10.2 Å². The van der Waals surface area contributed by atoms with Gasteiger partial charge in [0.2, 0.25) is 0 Å². The third-order valence-electron chi connectivity index (χ3n) is 3.23. The van der Waals surface area contributed by atoms with E-state index in [-0.39, 0.29) is 28.5 Å². The molecule has 0 spiro atoms. The second-order valence-corrected chi connectivity index (χ2v) is 5.35. The molecule has 8 heteroatoms. The Morgan fingerprint density at radius 1 is 0.667 bits per heavy atom. The number of nitrogens with zero attached hydrogens (tertiary/aromatic N) is 3. The van der Waals surface area contributed by atoms with Crippen LogP contribution in [0.3, 0.4) is 0 Å². The molecule has 1 radical (unpaired) electrons. The van der Waals surface area contributed by atoms with E-state index in [9.17, 15) is 9.59 Å². The summed E-state index contributed by atoms with van der Waals surface area (Å²) < 4.78 is 0. The van der Waals surface area contributed by atoms with Gasteiger partial charge >= 0.3 is 11.9 Å². The fraction of sp³-hybridized carbons (Fsp3) is 0.105. The van der Waals surface area contributed by atoms with Gasteiger partial charge in [-0.25, -0.2) is 14.6 Å². The van der Waals surface area contributed by atoms with Crippen molar-refractivity contribution in [3.63, 3.8) is 0 Å². The molecule has 3 heterocycles. The molecule has 7 nitrogen and oxygen atoms in total. The predicted octanol–water partition coefficient (Wildman–Crippen LogP) is 3.24. The number of carboxylic acid groups (broad SMARTS) is 2. The molecule has 27 heavy (non-hydrogen) atoms. The van der Waals surface area contributed by atoms with Crippen molar-refractivity contribution in [2.75, 3.05) is 0 Å². The first-order valence-corrected chi connectivity index (χ1v) is 7.68. The summed E-state index contributed by atoms with van der Waals surface area (Å²) in [5.74, 6) is -2.48. The number of hydrogen-bond donors (Lipinski definition) is 2. The largest absolute Gasteiger partial charge is 0.477 e. The molecule has 3 rings (SSSR count). The Kier molecular flexibility index (Phi) is 8.26. The van der Waals surface area contributed by atoms with Gasteiger partial charge in [0.25, 0.3) is 0 Å². The van der Waals surface area contributed by atoms with E-state index in [2.05, 4.69) is 15.0 Å². The zero-order valence-corrected chi connectivity index (χ0v) is 15.5. The van der Waals surface area contributed by atoms with E-state index in [0.29, 0.717) is 0 Å². The first-order valence-electron chi connectivity index (χ1n) is 7.68. The molecule has 0 aliphatic heterocycles. The average molecular weight is 415 g/mol. The monoisotopic (exact) mass is 414 g/mol. The minimum Gasteiger partial charge on any atom is -0.477 e. The zero-order chi connectivity index (χ0) is 19.1. The predicted molar refractivity (Wildman–Crippen MR) is 95.1 cm³/mol. The number of pyridine rings is 3. The van der Waals surface area contributed by atoms with Crippen LogP contribution in [0.4, 0.5) is 0 Å². The molecule has 0 aliphatic carbocycles. The van der Waals surface area contributed by atoms with Gasteiger partial charge in [0.15, 0.2) is 0 Å². The molecule has 0 aliphatic rings. The summed E-state index contributed by atoms with van der Waals surface area (Å²) in [5, 5.41) is 16.9. The molecule has 2 N–H and O–H groups in total. The number of aromatic carboxylic acids is 2. The molecule has 0 amide bonds. The number of carbonyl (C=O) groups is 2. The van der Waals surface area contributed by atoms with E-state index in [1.807, 2.05) is 50.2 Å². The molecule has 0 saturated carbocycles. The fourth-order valence-corrected chi connectivity index (χ4v) is 2.04. The maximum Gasteiger partial charge on any atom is 0.354 e. The molecule has 0 atom stereocenters. The SMILES string of the molecule is Cc1cccc(-c2cccc(C)n2)n1.O=C(O)c1cccc(C(=O)O)n1.[Cu]. The Labute approximate surface area is 166 Å². The first kappa shape index (κ1) is 22.0. The van der Waals surface area contributed by atoms with Crippen molar-refractivity contribution in [2.24, 2.45) is 0 Å². The van der Waals surface area contributed by atoms with Crippen molar-refractivity contribution < 1.29 is 36.9 Å². The summed E-state index contributed by atoms with van der Waals surface area (Å²) in [5.41, 5.74) is 3.38. The average Bonchev–Trinajstić information content (AvgIpc) is 2.62. The number of hydrogen-bond acceptors (Lipinski definition) is 5. The van der Waals surface area contributed by atoms with Crippen molar-refractivity contribution >= 4 is 11.9 Å². The Morgan fingerprint density at radius 2 is 1.04 bits per heavy atom. The third-order valence-corrected chi connectivity index (χ3v) is 3.23. The van der Waals surface area contributed by atoms with Crippen LogP contribution in [-0.2, 0) is 17.1 Å². The van der Waals surface area contributed by atoms with Gasteiger partial charge in [-0.2, -0.15) is 0 Å². The summed E-state index contributed by atoms with van der Waals surface area (Å²) >= 11 is 0. The van der Waals surface area contributed by atoms with Gasteiger partial charge in [-0.15, -0.1) is 0 Å². The van der Waals surface area contributed by atoms with Crippen molar-refractivity contribution in [1.29, 1.82) is 0 Å². The standard InChI is InChI=1S/C12H12N2.C7H5NO4.Cu/c1-9-5-3-7-11(13-9)12-8-4-6-10(2)14-12;9-6(10)4-2-1-3-5(8-4)7(11)12;/h3-8H,1-2H3;1-3H,(H,9,10)(H,11,12);. The Balaban J connectivity index is 0.000000264. The minimum atomic E-state index is -1.24. The molecular formula is C19H17CuN3O4. The van der Waals surface area contributed by atoms with Gasteiger partial charge in [0, 0.05) is 28.5 Å². The van der Waals surface area contributed by atoms with E-state index < -0.39 is 11.9 Å². The van der Waals surface area contributed by atoms with Crippen molar-refractivity contribution in [3.05, 3.63) is 77.4 Å². The van der Waals surface area contributed by atoms with Gasteiger partial charge in [-0.1, -0.05) is 18.2 Å². The molecule has 3 aromatic rings. The normalized spacial score (nSPS) is 9.41. The molecule has 0 aromatic carbocycles. The molecule has 0 bridgehead atoms. The quantitative estimate of drug-likeness (QED) is 0.632. The molecule has 0 unspecified atom stereocenters. The second kappa shape index (κ2) is 10.2. The first-order chi connectivity index (χ1) is 12.4. The third kappa shape index (κ3) is 6.62. The number of aromatic nitrogens is 3. The molecule has 0 saturated heterocycles. The molecule has 0 fully saturated rings. The summed E-state index contributed by atoms with van der Waals surface area (Å²) in [4.78, 5) is 32.9. The fourth-order valence-electron chi connectivity index (χ4n) is 2.04. The van der Waals surface area contributed by atoms with Gasteiger partial charge in [0.1, 0.15) is 11.4 Å². The smallest absolute Gasteiger partial charge is 0.354 e. The van der Waals surface area contributed by atoms with Crippen LogP contribution >= 0.6 is 0 Å². The van der Waals surface area contributed by atoms with Crippen LogP contribution in [0.25, 0.3) is 11.4 Å². The summed E-state index contributed by atoms with van der Waals surface area (Å²) in [6, 6.07) is 15.7. The summed E-state index contributed by atoms with van der Waals surface area (Å²) in [6.45, 7) is 3.97. The minimum absolute atomic E-state index is 0. The molecule has 3 aromatic heterocycles. The van der Waals surface area contributed by atoms with Crippen LogP contribution in [0.15, 0.2) is 54.6 Å². The topological polar surface area (TPSA) is 113 Å². The maximum atomic E-state index is 10.3. The van der Waals surface area contributed by atoms with Crippen LogP contribution in [0, 0.1) is 13.8 Å². The Bertz CT molecular complexity index is 875. The van der Waals surface area contributed by atoms with Crippen molar-refractivity contribution in [3.8, 4) is 11.4 Å². The van der Waals surface area contributed by atoms with Crippen LogP contribution < -0.4 is 0 Å². The summed E-state index contributed by atoms with van der Waals surface area (Å²) in [6.07, 6.45) is 0. The molecule has 143 valence electrons. The number of rotatable bonds is 3. The Morgan fingerprint density at radius 3 is 1.37 bits per heavy atom. The van der Waals surface area contributed by atoms with Crippen molar-refractivity contribution in [2.45, 2.75) is 13.8 Å². The van der Waals surface area contributed by atoms with Crippen LogP contribution in [0.2, 0.25) is 0 Å². The van der Waals surface area contributed by atoms with Crippen LogP contribution in [0.1, 0.15) is 32.4 Å². The number of carboxylic acids is 2. The zero-order valence-electron chi connectivity index (χ0n) is 14.6. The van der Waals surface area contributed by atoms with E-state index in [4.69, 9.17) is 10.2 Å². The van der Waals surface area contributed by atoms with Crippen LogP contribution in [0.5, 0.6) is 0 Å². The van der Waals surface area contributed by atoms with E-state index in [0.717, 1.165) is 22.8 Å².